The second kappa shape index (κ2) is 3.54. The first-order chi connectivity index (χ1) is 6.29. The van der Waals surface area contributed by atoms with Crippen LogP contribution in [0.15, 0.2) is 4.99 Å². The molecule has 2 atom stereocenters. The fourth-order valence-electron chi connectivity index (χ4n) is 1.42. The number of nitrogens with two attached hydrogens (primary N) is 1. The van der Waals surface area contributed by atoms with Crippen molar-refractivity contribution in [1.82, 2.24) is 10.7 Å². The van der Waals surface area contributed by atoms with Crippen LogP contribution in [-0.4, -0.2) is 18.5 Å². The lowest BCUT2D eigenvalue weighted by Crippen LogP contribution is -2.42. The highest BCUT2D eigenvalue weighted by molar-refractivity contribution is 5.79. The molecule has 4 heteroatoms. The zero-order valence-electron chi connectivity index (χ0n) is 8.09. The molecule has 0 spiro atoms. The van der Waals surface area contributed by atoms with Gasteiger partial charge in [-0.15, -0.1) is 0 Å². The number of aliphatic imine (C=N–C) groups is 1. The van der Waals surface area contributed by atoms with Crippen LogP contribution >= 0.6 is 0 Å². The highest BCUT2D eigenvalue weighted by Crippen LogP contribution is 2.37. The highest BCUT2D eigenvalue weighted by atomic mass is 15.3. The summed E-state index contributed by atoms with van der Waals surface area (Å²) in [5, 5.41) is 3.25. The van der Waals surface area contributed by atoms with Gasteiger partial charge in [-0.05, 0) is 31.1 Å². The summed E-state index contributed by atoms with van der Waals surface area (Å²) in [7, 11) is 0. The average Bonchev–Trinajstić information content (AvgIpc) is 2.98. The molecule has 4 N–H and O–H groups in total. The number of guanidine groups is 1. The molecule has 2 unspecified atom stereocenters. The molecular formula is C9H18N4. The van der Waals surface area contributed by atoms with Gasteiger partial charge in [0.1, 0.15) is 0 Å². The van der Waals surface area contributed by atoms with Crippen molar-refractivity contribution in [3.8, 4) is 0 Å². The van der Waals surface area contributed by atoms with Crippen molar-refractivity contribution in [2.45, 2.75) is 32.2 Å². The van der Waals surface area contributed by atoms with Crippen LogP contribution in [0.2, 0.25) is 0 Å². The third-order valence-electron chi connectivity index (χ3n) is 2.81. The van der Waals surface area contributed by atoms with Crippen LogP contribution in [0.1, 0.15) is 26.2 Å². The van der Waals surface area contributed by atoms with E-state index in [0.717, 1.165) is 24.3 Å². The van der Waals surface area contributed by atoms with Gasteiger partial charge in [-0.3, -0.25) is 10.4 Å². The summed E-state index contributed by atoms with van der Waals surface area (Å²) in [6.45, 7) is 3.18. The third kappa shape index (κ3) is 2.59. The van der Waals surface area contributed by atoms with Crippen LogP contribution in [0.4, 0.5) is 0 Å². The van der Waals surface area contributed by atoms with Crippen molar-refractivity contribution < 1.29 is 0 Å². The van der Waals surface area contributed by atoms with E-state index in [2.05, 4.69) is 22.7 Å². The van der Waals surface area contributed by atoms with Crippen LogP contribution in [-0.2, 0) is 0 Å². The Balaban J connectivity index is 1.73. The van der Waals surface area contributed by atoms with Gasteiger partial charge in [0, 0.05) is 12.6 Å². The average molecular weight is 182 g/mol. The van der Waals surface area contributed by atoms with Crippen LogP contribution in [0.3, 0.4) is 0 Å². The molecule has 4 nitrogen and oxygen atoms in total. The molecule has 0 heterocycles. The lowest BCUT2D eigenvalue weighted by molar-refractivity contribution is 0.741. The maximum absolute atomic E-state index is 5.35. The smallest absolute Gasteiger partial charge is 0.205 e. The van der Waals surface area contributed by atoms with Gasteiger partial charge in [-0.2, -0.15) is 0 Å². The van der Waals surface area contributed by atoms with Crippen molar-refractivity contribution in [3.63, 3.8) is 0 Å². The summed E-state index contributed by atoms with van der Waals surface area (Å²) in [5.41, 5.74) is 2.61. The zero-order valence-corrected chi connectivity index (χ0v) is 8.09. The minimum Gasteiger partial charge on any atom is -0.353 e. The van der Waals surface area contributed by atoms with E-state index in [1.807, 2.05) is 0 Å². The molecule has 0 amide bonds. The summed E-state index contributed by atoms with van der Waals surface area (Å²) in [6, 6.07) is 0.617. The van der Waals surface area contributed by atoms with E-state index in [9.17, 15) is 0 Å². The van der Waals surface area contributed by atoms with E-state index >= 15 is 0 Å². The zero-order chi connectivity index (χ0) is 9.26. The van der Waals surface area contributed by atoms with Crippen LogP contribution in [0.25, 0.3) is 0 Å². The van der Waals surface area contributed by atoms with Crippen LogP contribution in [0, 0.1) is 11.8 Å². The Hall–Kier alpha value is -0.770. The molecule has 2 fully saturated rings. The Kier molecular flexibility index (Phi) is 2.40. The molecule has 0 saturated heterocycles. The second-order valence-corrected chi connectivity index (χ2v) is 4.23. The third-order valence-corrected chi connectivity index (χ3v) is 2.81. The molecule has 2 aliphatic rings. The van der Waals surface area contributed by atoms with Crippen molar-refractivity contribution in [2.24, 2.45) is 22.7 Å². The second-order valence-electron chi connectivity index (χ2n) is 4.23. The normalized spacial score (nSPS) is 32.9. The van der Waals surface area contributed by atoms with Crippen LogP contribution in [0.5, 0.6) is 0 Å². The number of hydrogen-bond acceptors (Lipinski definition) is 2. The first kappa shape index (κ1) is 8.81. The molecular weight excluding hydrogens is 164 g/mol. The largest absolute Gasteiger partial charge is 0.353 e. The van der Waals surface area contributed by atoms with Gasteiger partial charge in [-0.25, -0.2) is 5.84 Å². The Morgan fingerprint density at radius 3 is 2.69 bits per heavy atom. The Labute approximate surface area is 79.0 Å². The van der Waals surface area contributed by atoms with E-state index in [0.29, 0.717) is 6.04 Å². The molecule has 2 aliphatic carbocycles. The first-order valence-electron chi connectivity index (χ1n) is 5.07. The maximum atomic E-state index is 5.35. The Morgan fingerprint density at radius 2 is 2.23 bits per heavy atom. The van der Waals surface area contributed by atoms with Gasteiger partial charge in [0.05, 0.1) is 0 Å². The topological polar surface area (TPSA) is 62.4 Å². The van der Waals surface area contributed by atoms with Gasteiger partial charge < -0.3 is 5.32 Å². The first-order valence-corrected chi connectivity index (χ1v) is 5.07. The van der Waals surface area contributed by atoms with E-state index in [1.54, 1.807) is 0 Å². The number of rotatable bonds is 3. The summed E-state index contributed by atoms with van der Waals surface area (Å²) in [6.07, 6.45) is 3.83. The molecule has 0 aromatic rings. The van der Waals surface area contributed by atoms with Crippen molar-refractivity contribution in [3.05, 3.63) is 0 Å². The summed E-state index contributed by atoms with van der Waals surface area (Å²) >= 11 is 0. The van der Waals surface area contributed by atoms with E-state index < -0.39 is 0 Å². The van der Waals surface area contributed by atoms with Crippen LogP contribution < -0.4 is 16.6 Å². The summed E-state index contributed by atoms with van der Waals surface area (Å²) in [5.74, 6) is 7.77. The molecule has 0 aromatic carbocycles. The van der Waals surface area contributed by atoms with Crippen molar-refractivity contribution in [2.75, 3.05) is 6.54 Å². The quantitative estimate of drug-likeness (QED) is 0.253. The molecule has 0 aliphatic heterocycles. The van der Waals surface area contributed by atoms with Crippen molar-refractivity contribution >= 4 is 5.96 Å². The molecule has 0 radical (unpaired) electrons. The minimum absolute atomic E-state index is 0.617. The Bertz CT molecular complexity index is 210. The highest BCUT2D eigenvalue weighted by Gasteiger charge is 2.32. The number of hydrogen-bond donors (Lipinski definition) is 3. The fourth-order valence-corrected chi connectivity index (χ4v) is 1.42. The molecule has 0 bridgehead atoms. The number of nitrogens with one attached hydrogen (secondary N) is 2. The van der Waals surface area contributed by atoms with Crippen molar-refractivity contribution in [1.29, 1.82) is 0 Å². The summed E-state index contributed by atoms with van der Waals surface area (Å²) in [4.78, 5) is 4.40. The molecule has 0 aromatic heterocycles. The molecule has 13 heavy (non-hydrogen) atoms. The molecule has 74 valence electrons. The standard InChI is InChI=1S/C9H18N4/c1-6-4-7(6)5-11-9(13-10)12-8-2-3-8/h6-8H,2-5,10H2,1H3,(H2,11,12,13). The van der Waals surface area contributed by atoms with E-state index in [1.165, 1.54) is 19.3 Å². The fraction of sp³-hybridized carbons (Fsp3) is 0.889. The maximum Gasteiger partial charge on any atom is 0.205 e. The molecule has 2 saturated carbocycles. The number of nitrogens with zero attached hydrogens (tertiary/aromatic N) is 1. The minimum atomic E-state index is 0.617. The van der Waals surface area contributed by atoms with E-state index in [4.69, 9.17) is 5.84 Å². The predicted octanol–water partition coefficient (Wildman–Crippen LogP) is 0.214. The van der Waals surface area contributed by atoms with Gasteiger partial charge in [0.25, 0.3) is 0 Å². The van der Waals surface area contributed by atoms with Gasteiger partial charge in [-0.1, -0.05) is 6.92 Å². The lowest BCUT2D eigenvalue weighted by Gasteiger charge is -2.06. The van der Waals surface area contributed by atoms with Gasteiger partial charge >= 0.3 is 0 Å². The Morgan fingerprint density at radius 1 is 1.54 bits per heavy atom. The summed E-state index contributed by atoms with van der Waals surface area (Å²) < 4.78 is 0. The van der Waals surface area contributed by atoms with E-state index in [-0.39, 0.29) is 0 Å². The van der Waals surface area contributed by atoms with Gasteiger partial charge in [0.15, 0.2) is 0 Å². The van der Waals surface area contributed by atoms with Gasteiger partial charge in [0.2, 0.25) is 5.96 Å². The molecule has 2 rings (SSSR count). The monoisotopic (exact) mass is 182 g/mol. The predicted molar refractivity (Wildman–Crippen MR) is 53.1 cm³/mol. The SMILES string of the molecule is CC1CC1CN=C(NN)NC1CC1. The lowest BCUT2D eigenvalue weighted by atomic mass is 10.3. The number of hydrazine groups is 1.